The summed E-state index contributed by atoms with van der Waals surface area (Å²) in [5, 5.41) is 8.54. The van der Waals surface area contributed by atoms with Crippen molar-refractivity contribution >= 4 is 76.6 Å². The summed E-state index contributed by atoms with van der Waals surface area (Å²) in [6.07, 6.45) is 5.71. The number of alkyl halides is 4. The van der Waals surface area contributed by atoms with Crippen LogP contribution in [0.3, 0.4) is 0 Å². The van der Waals surface area contributed by atoms with Crippen molar-refractivity contribution in [3.05, 3.63) is 0 Å². The first-order valence-electron chi connectivity index (χ1n) is 34.3. The van der Waals surface area contributed by atoms with E-state index in [9.17, 15) is 51.5 Å². The van der Waals surface area contributed by atoms with Crippen molar-refractivity contribution in [1.29, 1.82) is 0 Å². The number of hydrogen-bond donors (Lipinski definition) is 3. The molecule has 0 spiro atoms. The average molecular weight is 1340 g/mol. The van der Waals surface area contributed by atoms with Crippen molar-refractivity contribution in [1.82, 2.24) is 55.1 Å². The van der Waals surface area contributed by atoms with E-state index < -0.39 is 151 Å². The van der Waals surface area contributed by atoms with E-state index in [4.69, 9.17) is 11.6 Å². The first kappa shape index (κ1) is 78.0. The summed E-state index contributed by atoms with van der Waals surface area (Å²) in [5.74, 6) is -8.63. The second kappa shape index (κ2) is 35.8. The van der Waals surface area contributed by atoms with Crippen molar-refractivity contribution in [3.63, 3.8) is 0 Å². The van der Waals surface area contributed by atoms with Gasteiger partial charge in [-0.15, -0.1) is 11.6 Å². The lowest BCUT2D eigenvalue weighted by atomic mass is 9.79. The average Bonchev–Trinajstić information content (AvgIpc) is 0.827. The highest BCUT2D eigenvalue weighted by atomic mass is 35.5. The van der Waals surface area contributed by atoms with Crippen LogP contribution in [-0.2, 0) is 52.7 Å². The van der Waals surface area contributed by atoms with Crippen molar-refractivity contribution in [2.75, 3.05) is 75.5 Å². The molecule has 3 aliphatic carbocycles. The molecule has 9 atom stereocenters. The van der Waals surface area contributed by atoms with Crippen LogP contribution in [0.1, 0.15) is 189 Å². The molecule has 5 aliphatic rings. The van der Waals surface area contributed by atoms with Crippen molar-refractivity contribution in [2.45, 2.75) is 249 Å². The van der Waals surface area contributed by atoms with E-state index in [2.05, 4.69) is 16.0 Å². The van der Waals surface area contributed by atoms with Crippen molar-refractivity contribution < 1.29 is 65.9 Å². The van der Waals surface area contributed by atoms with Crippen LogP contribution >= 0.6 is 11.6 Å². The Hall–Kier alpha value is -5.75. The Balaban J connectivity index is 1.56. The lowest BCUT2D eigenvalue weighted by molar-refractivity contribution is -0.184. The van der Waals surface area contributed by atoms with Crippen LogP contribution in [0.25, 0.3) is 0 Å². The lowest BCUT2D eigenvalue weighted by Gasteiger charge is -2.42. The highest BCUT2D eigenvalue weighted by Gasteiger charge is 2.45. The van der Waals surface area contributed by atoms with E-state index in [0.717, 1.165) is 41.9 Å². The molecule has 0 aromatic rings. The number of piperidine rings is 1. The minimum Gasteiger partial charge on any atom is -0.351 e. The summed E-state index contributed by atoms with van der Waals surface area (Å²) in [7, 11) is 10.1. The first-order valence-corrected chi connectivity index (χ1v) is 34.8. The number of carbonyl (C=O) groups is 11. The Morgan fingerprint density at radius 3 is 1.66 bits per heavy atom. The molecule has 93 heavy (non-hydrogen) atoms. The number of halogens is 4. The van der Waals surface area contributed by atoms with Crippen LogP contribution < -0.4 is 16.0 Å². The topological polar surface area (TPSA) is 250 Å². The molecule has 0 bridgehead atoms. The Labute approximate surface area is 555 Å². The number of amides is 11. The summed E-state index contributed by atoms with van der Waals surface area (Å²) in [6.45, 7) is 9.10. The summed E-state index contributed by atoms with van der Waals surface area (Å²) >= 11 is 6.50. The van der Waals surface area contributed by atoms with E-state index >= 15 is 14.4 Å². The van der Waals surface area contributed by atoms with Crippen LogP contribution in [-0.4, -0.2) is 240 Å². The van der Waals surface area contributed by atoms with Gasteiger partial charge in [0, 0.05) is 73.7 Å². The molecule has 3 N–H and O–H groups in total. The summed E-state index contributed by atoms with van der Waals surface area (Å²) < 4.78 is 41.5. The van der Waals surface area contributed by atoms with Gasteiger partial charge in [-0.3, -0.25) is 52.7 Å². The molecule has 0 aromatic carbocycles. The van der Waals surface area contributed by atoms with Gasteiger partial charge >= 0.3 is 6.18 Å². The van der Waals surface area contributed by atoms with Crippen LogP contribution in [0.4, 0.5) is 13.2 Å². The number of likely N-dealkylation sites (N-methyl/N-ethyl adjacent to an activating group) is 7. The Kier molecular flexibility index (Phi) is 30.0. The largest absolute Gasteiger partial charge is 0.391 e. The number of nitrogens with zero attached hydrogens (tertiary/aromatic N) is 8. The van der Waals surface area contributed by atoms with E-state index in [0.29, 0.717) is 44.9 Å². The molecule has 5 rings (SSSR count). The third-order valence-corrected chi connectivity index (χ3v) is 21.3. The van der Waals surface area contributed by atoms with Crippen molar-refractivity contribution in [2.24, 2.45) is 35.5 Å². The normalized spacial score (nSPS) is 30.8. The van der Waals surface area contributed by atoms with Gasteiger partial charge < -0.3 is 55.1 Å². The second-order valence-corrected chi connectivity index (χ2v) is 29.1. The predicted molar refractivity (Wildman–Crippen MR) is 347 cm³/mol. The van der Waals surface area contributed by atoms with E-state index in [-0.39, 0.29) is 106 Å². The molecule has 0 aromatic heterocycles. The lowest BCUT2D eigenvalue weighted by Crippen LogP contribution is -2.61. The van der Waals surface area contributed by atoms with Crippen LogP contribution in [0.5, 0.6) is 0 Å². The summed E-state index contributed by atoms with van der Waals surface area (Å²) in [5.41, 5.74) is 0. The minimum absolute atomic E-state index is 0.0145. The maximum Gasteiger partial charge on any atom is 0.391 e. The zero-order chi connectivity index (χ0) is 69.3. The Morgan fingerprint density at radius 1 is 0.516 bits per heavy atom. The molecule has 26 heteroatoms. The molecule has 5 fully saturated rings. The Morgan fingerprint density at radius 2 is 1.06 bits per heavy atom. The van der Waals surface area contributed by atoms with Gasteiger partial charge in [0.15, 0.2) is 0 Å². The summed E-state index contributed by atoms with van der Waals surface area (Å²) in [6, 6.07) is -8.64. The van der Waals surface area contributed by atoms with E-state index in [1.54, 1.807) is 20.9 Å². The van der Waals surface area contributed by atoms with E-state index in [1.807, 2.05) is 20.8 Å². The van der Waals surface area contributed by atoms with Gasteiger partial charge in [-0.05, 0) is 146 Å². The molecule has 22 nitrogen and oxygen atoms in total. The molecule has 2 heterocycles. The first-order chi connectivity index (χ1) is 43.6. The molecular formula is C67H111ClF3N11O11. The number of nitrogens with one attached hydrogen (secondary N) is 3. The van der Waals surface area contributed by atoms with Crippen LogP contribution in [0.2, 0.25) is 0 Å². The van der Waals surface area contributed by atoms with Gasteiger partial charge in [-0.1, -0.05) is 66.2 Å². The molecule has 11 amide bonds. The number of rotatable bonds is 11. The Bertz CT molecular complexity index is 2580. The predicted octanol–water partition coefficient (Wildman–Crippen LogP) is 6.35. The standard InChI is InChI=1S/C67H111ClF3N11O11/c1-14-42(4)59-66(93)77(9)39-57(85)75(7)40-58(86)79(11)53(37-47-25-30-49(68)31-26-47)63(90)76(8)38-55(83)73-50(32-27-45-23-28-48(29-24-45)67(69,70)71)62(89)82-33-19-18-22-51(82)64(91)81(13)54(36-46-20-16-15-17-21-46)65(92)80(12)52(34-41(2)3)61(88)72-43(5)35-56(84)78(10)44(6)60(87)74-59/h41-54,59H,14-40H2,1-13H3,(H,72,88)(H,73,83)(H,74,87)/t42-,43+,44-,45?,47?,48?,49?,50-,51-,52-,53-,54-,59-/m0/s1. The third-order valence-electron chi connectivity index (χ3n) is 20.9. The maximum absolute atomic E-state index is 15.4. The molecule has 0 radical (unpaired) electrons. The molecule has 2 saturated heterocycles. The minimum atomic E-state index is -4.34. The van der Waals surface area contributed by atoms with Crippen molar-refractivity contribution in [3.8, 4) is 0 Å². The zero-order valence-electron chi connectivity index (χ0n) is 57.8. The van der Waals surface area contributed by atoms with Gasteiger partial charge in [-0.2, -0.15) is 13.2 Å². The highest BCUT2D eigenvalue weighted by Crippen LogP contribution is 2.41. The fraction of sp³-hybridized carbons (Fsp3) is 0.836. The van der Waals surface area contributed by atoms with Crippen LogP contribution in [0, 0.1) is 35.5 Å². The third kappa shape index (κ3) is 22.2. The number of fused-ring (bicyclic) bond motifs is 1. The maximum atomic E-state index is 15.4. The monoisotopic (exact) mass is 1340 g/mol. The molecule has 528 valence electrons. The van der Waals surface area contributed by atoms with Gasteiger partial charge in [0.1, 0.15) is 42.3 Å². The smallest absolute Gasteiger partial charge is 0.351 e. The van der Waals surface area contributed by atoms with E-state index in [1.165, 1.54) is 78.6 Å². The quantitative estimate of drug-likeness (QED) is 0.192. The molecule has 2 aliphatic heterocycles. The highest BCUT2D eigenvalue weighted by molar-refractivity contribution is 6.20. The second-order valence-electron chi connectivity index (χ2n) is 28.5. The van der Waals surface area contributed by atoms with Gasteiger partial charge in [0.2, 0.25) is 65.0 Å². The number of carbonyl (C=O) groups excluding carboxylic acids is 11. The van der Waals surface area contributed by atoms with Gasteiger partial charge in [0.05, 0.1) is 25.6 Å². The van der Waals surface area contributed by atoms with Crippen LogP contribution in [0.15, 0.2) is 0 Å². The fourth-order valence-corrected chi connectivity index (χ4v) is 14.4. The number of hydrogen-bond acceptors (Lipinski definition) is 11. The molecule has 0 unspecified atom stereocenters. The van der Waals surface area contributed by atoms with Gasteiger partial charge in [0.25, 0.3) is 0 Å². The SMILES string of the molecule is CC[C@H](C)[C@@H]1NC(=O)[C@H](C)N(C)C(=O)C[C@@H](C)NC(=O)[C@H](CC(C)C)N(C)C(=O)[C@H](CC2CCCCC2)N(C)C(=O)[C@@H]2CCCCN2C(=O)[C@H](CCC2CCC(C(F)(F)F)CC2)NC(=O)CN(C)C(=O)[C@H](CC2CCC(Cl)CC2)N(C)C(=O)CN(C)C(=O)CN(C)C1=O. The summed E-state index contributed by atoms with van der Waals surface area (Å²) in [4.78, 5) is 170. The molecular weight excluding hydrogens is 1230 g/mol. The van der Waals surface area contributed by atoms with Gasteiger partial charge in [-0.25, -0.2) is 0 Å². The zero-order valence-corrected chi connectivity index (χ0v) is 58.6. The fourth-order valence-electron chi connectivity index (χ4n) is 14.2. The molecule has 3 saturated carbocycles.